The van der Waals surface area contributed by atoms with Crippen molar-refractivity contribution in [2.24, 2.45) is 17.8 Å². The summed E-state index contributed by atoms with van der Waals surface area (Å²) in [7, 11) is 0. The second-order valence-corrected chi connectivity index (χ2v) is 7.13. The highest BCUT2D eigenvalue weighted by Gasteiger charge is 2.39. The van der Waals surface area contributed by atoms with Crippen LogP contribution in [0.3, 0.4) is 0 Å². The molecule has 0 spiro atoms. The van der Waals surface area contributed by atoms with E-state index in [2.05, 4.69) is 29.3 Å². The molecule has 4 rings (SSSR count). The normalized spacial score (nSPS) is 24.3. The van der Waals surface area contributed by atoms with Crippen LogP contribution < -0.4 is 5.32 Å². The lowest BCUT2D eigenvalue weighted by molar-refractivity contribution is -0.120. The monoisotopic (exact) mass is 319 g/mol. The van der Waals surface area contributed by atoms with Crippen molar-refractivity contribution in [2.75, 3.05) is 5.32 Å². The number of nitrogens with one attached hydrogen (secondary N) is 1. The number of rotatable bonds is 2. The van der Waals surface area contributed by atoms with Gasteiger partial charge >= 0.3 is 0 Å². The molecule has 2 aliphatic carbocycles. The van der Waals surface area contributed by atoms with Gasteiger partial charge in [-0.1, -0.05) is 36.1 Å². The quantitative estimate of drug-likeness (QED) is 0.649. The fourth-order valence-electron chi connectivity index (χ4n) is 3.48. The van der Waals surface area contributed by atoms with Gasteiger partial charge in [0, 0.05) is 17.2 Å². The van der Waals surface area contributed by atoms with Crippen molar-refractivity contribution >= 4 is 22.9 Å². The second kappa shape index (κ2) is 6.06. The largest absolute Gasteiger partial charge is 0.326 e. The van der Waals surface area contributed by atoms with Gasteiger partial charge in [-0.25, -0.2) is 0 Å². The van der Waals surface area contributed by atoms with Gasteiger partial charge in [0.2, 0.25) is 5.91 Å². The summed E-state index contributed by atoms with van der Waals surface area (Å²) in [4.78, 5) is 13.5. The minimum atomic E-state index is 0.130. The van der Waals surface area contributed by atoms with Crippen molar-refractivity contribution in [3.8, 4) is 11.8 Å². The molecule has 23 heavy (non-hydrogen) atoms. The number of hydrogen-bond acceptors (Lipinski definition) is 2. The van der Waals surface area contributed by atoms with E-state index in [9.17, 15) is 4.79 Å². The Hall–Kier alpha value is -2.31. The van der Waals surface area contributed by atoms with Crippen LogP contribution >= 0.6 is 11.3 Å². The maximum atomic E-state index is 12.5. The molecule has 0 saturated heterocycles. The number of anilines is 1. The molecule has 1 fully saturated rings. The van der Waals surface area contributed by atoms with Crippen LogP contribution in [0.25, 0.3) is 0 Å². The SMILES string of the molecule is O=C(Nc1cccc(C#Cc2cccs2)c1)[C@@H]1C[C@H]2C=C[C@H]1C2. The number of allylic oxidation sites excluding steroid dienone is 2. The predicted octanol–water partition coefficient (Wildman–Crippen LogP) is 4.30. The summed E-state index contributed by atoms with van der Waals surface area (Å²) in [6, 6.07) is 11.8. The van der Waals surface area contributed by atoms with Crippen molar-refractivity contribution < 1.29 is 4.79 Å². The summed E-state index contributed by atoms with van der Waals surface area (Å²) in [5.74, 6) is 7.62. The van der Waals surface area contributed by atoms with Crippen LogP contribution in [0.15, 0.2) is 53.9 Å². The number of carbonyl (C=O) groups is 1. The van der Waals surface area contributed by atoms with Gasteiger partial charge in [-0.15, -0.1) is 11.3 Å². The zero-order valence-electron chi connectivity index (χ0n) is 12.7. The first-order valence-electron chi connectivity index (χ1n) is 7.93. The highest BCUT2D eigenvalue weighted by Crippen LogP contribution is 2.43. The van der Waals surface area contributed by atoms with Gasteiger partial charge < -0.3 is 5.32 Å². The Balaban J connectivity index is 1.46. The standard InChI is InChI=1S/C20H17NOS/c22-20(19-13-15-6-8-16(19)11-15)21-17-4-1-3-14(12-17)7-9-18-5-2-10-23-18/h1-6,8,10,12,15-16,19H,11,13H2,(H,21,22)/t15-,16-,19+/m0/s1. The average Bonchev–Trinajstić information content (AvgIpc) is 3.31. The van der Waals surface area contributed by atoms with Gasteiger partial charge in [0.15, 0.2) is 0 Å². The second-order valence-electron chi connectivity index (χ2n) is 6.18. The first-order chi connectivity index (χ1) is 11.3. The molecule has 2 aliphatic rings. The van der Waals surface area contributed by atoms with E-state index in [1.54, 1.807) is 11.3 Å². The van der Waals surface area contributed by atoms with Crippen molar-refractivity contribution in [3.05, 3.63) is 64.4 Å². The smallest absolute Gasteiger partial charge is 0.228 e. The van der Waals surface area contributed by atoms with E-state index < -0.39 is 0 Å². The van der Waals surface area contributed by atoms with Gasteiger partial charge in [-0.3, -0.25) is 4.79 Å². The molecule has 3 heteroatoms. The number of thiophene rings is 1. The Bertz CT molecular complexity index is 810. The van der Waals surface area contributed by atoms with Crippen molar-refractivity contribution in [1.29, 1.82) is 0 Å². The molecule has 3 atom stereocenters. The minimum Gasteiger partial charge on any atom is -0.326 e. The molecule has 1 saturated carbocycles. The molecular formula is C20H17NOS. The highest BCUT2D eigenvalue weighted by molar-refractivity contribution is 7.10. The first-order valence-corrected chi connectivity index (χ1v) is 8.81. The molecule has 2 nitrogen and oxygen atoms in total. The Morgan fingerprint density at radius 2 is 2.09 bits per heavy atom. The fourth-order valence-corrected chi connectivity index (χ4v) is 4.05. The Labute approximate surface area is 140 Å². The molecular weight excluding hydrogens is 302 g/mol. The van der Waals surface area contributed by atoms with Gasteiger partial charge in [-0.05, 0) is 54.3 Å². The molecule has 0 unspecified atom stereocenters. The molecule has 1 amide bonds. The van der Waals surface area contributed by atoms with E-state index >= 15 is 0 Å². The average molecular weight is 319 g/mol. The molecule has 2 aromatic rings. The van der Waals surface area contributed by atoms with Gasteiger partial charge in [0.25, 0.3) is 0 Å². The van der Waals surface area contributed by atoms with Crippen LogP contribution in [0.5, 0.6) is 0 Å². The molecule has 0 aliphatic heterocycles. The van der Waals surface area contributed by atoms with Crippen LogP contribution in [0, 0.1) is 29.6 Å². The molecule has 1 heterocycles. The first kappa shape index (κ1) is 14.3. The van der Waals surface area contributed by atoms with Crippen molar-refractivity contribution in [1.82, 2.24) is 0 Å². The van der Waals surface area contributed by atoms with E-state index in [-0.39, 0.29) is 11.8 Å². The van der Waals surface area contributed by atoms with E-state index in [1.165, 1.54) is 0 Å². The Morgan fingerprint density at radius 3 is 2.83 bits per heavy atom. The Kier molecular flexibility index (Phi) is 3.77. The third-order valence-corrected chi connectivity index (χ3v) is 5.38. The summed E-state index contributed by atoms with van der Waals surface area (Å²) in [5, 5.41) is 5.08. The topological polar surface area (TPSA) is 29.1 Å². The number of hydrogen-bond donors (Lipinski definition) is 1. The minimum absolute atomic E-state index is 0.130. The third kappa shape index (κ3) is 3.09. The summed E-state index contributed by atoms with van der Waals surface area (Å²) in [6.07, 6.45) is 6.60. The van der Waals surface area contributed by atoms with Crippen LogP contribution in [-0.4, -0.2) is 5.91 Å². The predicted molar refractivity (Wildman–Crippen MR) is 94.2 cm³/mol. The Morgan fingerprint density at radius 1 is 1.13 bits per heavy atom. The van der Waals surface area contributed by atoms with Gasteiger partial charge in [-0.2, -0.15) is 0 Å². The van der Waals surface area contributed by atoms with E-state index in [1.807, 2.05) is 41.8 Å². The summed E-state index contributed by atoms with van der Waals surface area (Å²) in [5.41, 5.74) is 1.75. The maximum absolute atomic E-state index is 12.5. The summed E-state index contributed by atoms with van der Waals surface area (Å²) >= 11 is 1.63. The van der Waals surface area contributed by atoms with Crippen LogP contribution in [0.2, 0.25) is 0 Å². The third-order valence-electron chi connectivity index (χ3n) is 4.60. The number of amides is 1. The maximum Gasteiger partial charge on any atom is 0.228 e. The zero-order chi connectivity index (χ0) is 15.6. The highest BCUT2D eigenvalue weighted by atomic mass is 32.1. The lowest BCUT2D eigenvalue weighted by Crippen LogP contribution is -2.25. The number of fused-ring (bicyclic) bond motifs is 2. The molecule has 1 aromatic heterocycles. The fraction of sp³-hybridized carbons (Fsp3) is 0.250. The van der Waals surface area contributed by atoms with Crippen LogP contribution in [0.1, 0.15) is 23.3 Å². The molecule has 2 bridgehead atoms. The lowest BCUT2D eigenvalue weighted by atomic mass is 9.93. The van der Waals surface area contributed by atoms with E-state index in [0.29, 0.717) is 11.8 Å². The van der Waals surface area contributed by atoms with Crippen LogP contribution in [-0.2, 0) is 4.79 Å². The van der Waals surface area contributed by atoms with Gasteiger partial charge in [0.05, 0.1) is 4.88 Å². The van der Waals surface area contributed by atoms with Crippen molar-refractivity contribution in [3.63, 3.8) is 0 Å². The lowest BCUT2D eigenvalue weighted by Gasteiger charge is -2.17. The molecule has 1 N–H and O–H groups in total. The summed E-state index contributed by atoms with van der Waals surface area (Å²) < 4.78 is 0. The molecule has 0 radical (unpaired) electrons. The molecule has 1 aromatic carbocycles. The summed E-state index contributed by atoms with van der Waals surface area (Å²) in [6.45, 7) is 0. The van der Waals surface area contributed by atoms with Crippen molar-refractivity contribution in [2.45, 2.75) is 12.8 Å². The molecule has 114 valence electrons. The number of benzene rings is 1. The zero-order valence-corrected chi connectivity index (χ0v) is 13.5. The number of carbonyl (C=O) groups excluding carboxylic acids is 1. The van der Waals surface area contributed by atoms with Gasteiger partial charge in [0.1, 0.15) is 0 Å². The van der Waals surface area contributed by atoms with E-state index in [0.717, 1.165) is 29.0 Å². The van der Waals surface area contributed by atoms with Crippen LogP contribution in [0.4, 0.5) is 5.69 Å². The van der Waals surface area contributed by atoms with E-state index in [4.69, 9.17) is 0 Å².